The molecule has 3 heteroatoms. The van der Waals surface area contributed by atoms with Crippen molar-refractivity contribution in [2.24, 2.45) is 5.73 Å². The second kappa shape index (κ2) is 5.57. The van der Waals surface area contributed by atoms with Gasteiger partial charge in [0.1, 0.15) is 17.3 Å². The normalized spacial score (nSPS) is 10.2. The van der Waals surface area contributed by atoms with Gasteiger partial charge in [0, 0.05) is 0 Å². The summed E-state index contributed by atoms with van der Waals surface area (Å²) in [4.78, 5) is 0. The molecule has 98 valence electrons. The Labute approximate surface area is 113 Å². The third kappa shape index (κ3) is 2.94. The zero-order valence-corrected chi connectivity index (χ0v) is 11.2. The Morgan fingerprint density at radius 1 is 1.16 bits per heavy atom. The highest BCUT2D eigenvalue weighted by molar-refractivity contribution is 5.97. The fourth-order valence-corrected chi connectivity index (χ4v) is 1.96. The fraction of sp³-hybridized carbons (Fsp3) is 0.188. The van der Waals surface area contributed by atoms with E-state index >= 15 is 0 Å². The summed E-state index contributed by atoms with van der Waals surface area (Å²) in [6.07, 6.45) is 0.900. The quantitative estimate of drug-likeness (QED) is 0.646. The number of aryl methyl sites for hydroxylation is 2. The van der Waals surface area contributed by atoms with Gasteiger partial charge in [-0.15, -0.1) is 0 Å². The molecule has 0 unspecified atom stereocenters. The Kier molecular flexibility index (Phi) is 3.85. The van der Waals surface area contributed by atoms with Gasteiger partial charge in [-0.2, -0.15) is 0 Å². The molecule has 0 spiro atoms. The van der Waals surface area contributed by atoms with Crippen LogP contribution in [0.1, 0.15) is 23.6 Å². The van der Waals surface area contributed by atoms with Crippen LogP contribution in [0.3, 0.4) is 0 Å². The van der Waals surface area contributed by atoms with Gasteiger partial charge < -0.3 is 10.5 Å². The van der Waals surface area contributed by atoms with Crippen molar-refractivity contribution in [1.29, 1.82) is 5.41 Å². The van der Waals surface area contributed by atoms with Crippen molar-refractivity contribution < 1.29 is 4.74 Å². The minimum Gasteiger partial charge on any atom is -0.456 e. The van der Waals surface area contributed by atoms with Crippen molar-refractivity contribution in [3.05, 3.63) is 59.2 Å². The lowest BCUT2D eigenvalue weighted by molar-refractivity contribution is 0.475. The number of nitrogen functional groups attached to an aromatic ring is 1. The molecule has 2 rings (SSSR count). The smallest absolute Gasteiger partial charge is 0.138 e. The van der Waals surface area contributed by atoms with E-state index in [0.717, 1.165) is 23.3 Å². The average Bonchev–Trinajstić information content (AvgIpc) is 2.41. The number of nitrogens with one attached hydrogen (secondary N) is 1. The summed E-state index contributed by atoms with van der Waals surface area (Å²) >= 11 is 0. The molecule has 0 aliphatic heterocycles. The lowest BCUT2D eigenvalue weighted by atomic mass is 10.1. The van der Waals surface area contributed by atoms with E-state index in [-0.39, 0.29) is 5.84 Å². The largest absolute Gasteiger partial charge is 0.456 e. The Bertz CT molecular complexity index is 605. The first kappa shape index (κ1) is 13.1. The van der Waals surface area contributed by atoms with Crippen LogP contribution < -0.4 is 10.5 Å². The van der Waals surface area contributed by atoms with Crippen LogP contribution in [0.5, 0.6) is 11.5 Å². The molecule has 0 heterocycles. The molecule has 3 nitrogen and oxygen atoms in total. The van der Waals surface area contributed by atoms with Crippen molar-refractivity contribution >= 4 is 5.84 Å². The number of hydrogen-bond donors (Lipinski definition) is 2. The van der Waals surface area contributed by atoms with Gasteiger partial charge in [0.2, 0.25) is 0 Å². The maximum atomic E-state index is 7.64. The maximum absolute atomic E-state index is 7.64. The molecule has 0 fully saturated rings. The second-order valence-electron chi connectivity index (χ2n) is 4.48. The maximum Gasteiger partial charge on any atom is 0.138 e. The van der Waals surface area contributed by atoms with E-state index in [4.69, 9.17) is 15.9 Å². The Morgan fingerprint density at radius 3 is 2.58 bits per heavy atom. The van der Waals surface area contributed by atoms with Gasteiger partial charge in [-0.25, -0.2) is 0 Å². The van der Waals surface area contributed by atoms with Gasteiger partial charge in [0.05, 0.1) is 5.56 Å². The number of para-hydroxylation sites is 1. The molecule has 19 heavy (non-hydrogen) atoms. The molecular weight excluding hydrogens is 236 g/mol. The zero-order valence-electron chi connectivity index (χ0n) is 11.2. The number of benzene rings is 2. The topological polar surface area (TPSA) is 59.1 Å². The first-order chi connectivity index (χ1) is 9.11. The molecule has 0 saturated heterocycles. The summed E-state index contributed by atoms with van der Waals surface area (Å²) in [7, 11) is 0. The van der Waals surface area contributed by atoms with Gasteiger partial charge in [-0.1, -0.05) is 36.8 Å². The molecule has 0 bridgehead atoms. The van der Waals surface area contributed by atoms with Gasteiger partial charge >= 0.3 is 0 Å². The van der Waals surface area contributed by atoms with E-state index < -0.39 is 0 Å². The SMILES string of the molecule is CCc1ccccc1Oc1ccc(C)cc1C(=N)N. The van der Waals surface area contributed by atoms with Gasteiger partial charge in [-0.3, -0.25) is 5.41 Å². The van der Waals surface area contributed by atoms with Gasteiger partial charge in [-0.05, 0) is 37.1 Å². The molecule has 0 atom stereocenters. The van der Waals surface area contributed by atoms with Crippen LogP contribution in [-0.2, 0) is 6.42 Å². The molecule has 0 aromatic heterocycles. The lowest BCUT2D eigenvalue weighted by Crippen LogP contribution is -2.12. The van der Waals surface area contributed by atoms with E-state index in [0.29, 0.717) is 11.3 Å². The lowest BCUT2D eigenvalue weighted by Gasteiger charge is -2.13. The van der Waals surface area contributed by atoms with Crippen molar-refractivity contribution in [2.75, 3.05) is 0 Å². The Morgan fingerprint density at radius 2 is 1.89 bits per heavy atom. The predicted molar refractivity (Wildman–Crippen MR) is 78.1 cm³/mol. The molecule has 0 saturated carbocycles. The van der Waals surface area contributed by atoms with Gasteiger partial charge in [0.25, 0.3) is 0 Å². The number of rotatable bonds is 4. The molecule has 2 aromatic carbocycles. The number of nitrogens with two attached hydrogens (primary N) is 1. The molecule has 0 aliphatic carbocycles. The van der Waals surface area contributed by atoms with E-state index in [1.54, 1.807) is 0 Å². The Hall–Kier alpha value is -2.29. The predicted octanol–water partition coefficient (Wildman–Crippen LogP) is 3.63. The van der Waals surface area contributed by atoms with Crippen molar-refractivity contribution in [3.8, 4) is 11.5 Å². The van der Waals surface area contributed by atoms with Crippen molar-refractivity contribution in [2.45, 2.75) is 20.3 Å². The first-order valence-corrected chi connectivity index (χ1v) is 6.32. The molecule has 0 aliphatic rings. The number of amidine groups is 1. The van der Waals surface area contributed by atoms with E-state index in [9.17, 15) is 0 Å². The van der Waals surface area contributed by atoms with Crippen LogP contribution in [0, 0.1) is 12.3 Å². The first-order valence-electron chi connectivity index (χ1n) is 6.32. The second-order valence-corrected chi connectivity index (χ2v) is 4.48. The highest BCUT2D eigenvalue weighted by atomic mass is 16.5. The minimum absolute atomic E-state index is 0.0210. The summed E-state index contributed by atoms with van der Waals surface area (Å²) in [6, 6.07) is 13.6. The summed E-state index contributed by atoms with van der Waals surface area (Å²) < 4.78 is 5.93. The van der Waals surface area contributed by atoms with Crippen LogP contribution in [0.15, 0.2) is 42.5 Å². The van der Waals surface area contributed by atoms with Crippen LogP contribution >= 0.6 is 0 Å². The highest BCUT2D eigenvalue weighted by Crippen LogP contribution is 2.28. The monoisotopic (exact) mass is 254 g/mol. The van der Waals surface area contributed by atoms with E-state index in [1.807, 2.05) is 49.4 Å². The minimum atomic E-state index is 0.0210. The molecule has 3 N–H and O–H groups in total. The summed E-state index contributed by atoms with van der Waals surface area (Å²) in [5.41, 5.74) is 8.43. The van der Waals surface area contributed by atoms with Crippen LogP contribution in [0.25, 0.3) is 0 Å². The third-order valence-corrected chi connectivity index (χ3v) is 3.00. The number of ether oxygens (including phenoxy) is 1. The van der Waals surface area contributed by atoms with Crippen LogP contribution in [0.4, 0.5) is 0 Å². The molecule has 0 amide bonds. The third-order valence-electron chi connectivity index (χ3n) is 3.00. The molecular formula is C16H18N2O. The van der Waals surface area contributed by atoms with Crippen LogP contribution in [0.2, 0.25) is 0 Å². The summed E-state index contributed by atoms with van der Waals surface area (Å²) in [5.74, 6) is 1.46. The van der Waals surface area contributed by atoms with Crippen molar-refractivity contribution in [3.63, 3.8) is 0 Å². The Balaban J connectivity index is 2.41. The average molecular weight is 254 g/mol. The summed E-state index contributed by atoms with van der Waals surface area (Å²) in [6.45, 7) is 4.05. The molecule has 2 aromatic rings. The van der Waals surface area contributed by atoms with Crippen molar-refractivity contribution in [1.82, 2.24) is 0 Å². The van der Waals surface area contributed by atoms with E-state index in [2.05, 4.69) is 6.92 Å². The van der Waals surface area contributed by atoms with Crippen LogP contribution in [-0.4, -0.2) is 5.84 Å². The highest BCUT2D eigenvalue weighted by Gasteiger charge is 2.09. The number of hydrogen-bond acceptors (Lipinski definition) is 2. The fourth-order valence-electron chi connectivity index (χ4n) is 1.96. The zero-order chi connectivity index (χ0) is 13.8. The standard InChI is InChI=1S/C16H18N2O/c1-3-12-6-4-5-7-14(12)19-15-9-8-11(2)10-13(15)16(17)18/h4-10H,3H2,1-2H3,(H3,17,18). The van der Waals surface area contributed by atoms with Gasteiger partial charge in [0.15, 0.2) is 0 Å². The summed E-state index contributed by atoms with van der Waals surface area (Å²) in [5, 5.41) is 7.64. The molecule has 0 radical (unpaired) electrons. The van der Waals surface area contributed by atoms with E-state index in [1.165, 1.54) is 0 Å².